The zero-order chi connectivity index (χ0) is 19.5. The lowest BCUT2D eigenvalue weighted by atomic mass is 10.0. The Hall–Kier alpha value is -3.28. The van der Waals surface area contributed by atoms with Gasteiger partial charge in [0.1, 0.15) is 0 Å². The first kappa shape index (κ1) is 18.1. The molecule has 0 spiro atoms. The third-order valence-corrected chi connectivity index (χ3v) is 4.93. The summed E-state index contributed by atoms with van der Waals surface area (Å²) in [5.41, 5.74) is 2.09. The molecule has 0 bridgehead atoms. The highest BCUT2D eigenvalue weighted by atomic mass is 16.5. The molecule has 2 heterocycles. The number of hydrogen-bond acceptors (Lipinski definition) is 4. The number of benzene rings is 2. The average Bonchev–Trinajstić information content (AvgIpc) is 3.01. The van der Waals surface area contributed by atoms with Crippen LogP contribution in [0.5, 0.6) is 11.5 Å². The van der Waals surface area contributed by atoms with Gasteiger partial charge in [-0.15, -0.1) is 0 Å². The fourth-order valence-electron chi connectivity index (χ4n) is 3.42. The number of ketones is 1. The third kappa shape index (κ3) is 3.45. The molecule has 1 amide bonds. The maximum Gasteiger partial charge on any atom is 0.292 e. The van der Waals surface area contributed by atoms with E-state index >= 15 is 0 Å². The predicted octanol–water partition coefficient (Wildman–Crippen LogP) is 3.78. The topological polar surface area (TPSA) is 80.4 Å². The summed E-state index contributed by atoms with van der Waals surface area (Å²) in [5.74, 6) is 0.205. The number of carbonyl (C=O) groups excluding carboxylic acids is 2. The number of aromatic nitrogens is 1. The zero-order valence-corrected chi connectivity index (χ0v) is 15.7. The Labute approximate surface area is 162 Å². The fraction of sp³-hybridized carbons (Fsp3) is 0.273. The molecule has 3 aromatic rings. The van der Waals surface area contributed by atoms with Crippen LogP contribution in [-0.4, -0.2) is 29.9 Å². The third-order valence-electron chi connectivity index (χ3n) is 4.93. The monoisotopic (exact) mass is 378 g/mol. The van der Waals surface area contributed by atoms with E-state index in [0.29, 0.717) is 36.7 Å². The smallest absolute Gasteiger partial charge is 0.292 e. The van der Waals surface area contributed by atoms with Crippen LogP contribution in [0.2, 0.25) is 0 Å². The van der Waals surface area contributed by atoms with E-state index in [1.54, 1.807) is 6.20 Å². The molecular formula is C22H22N2O4. The normalized spacial score (nSPS) is 14.3. The number of ether oxygens (including phenoxy) is 2. The van der Waals surface area contributed by atoms with Gasteiger partial charge in [-0.25, -0.2) is 0 Å². The van der Waals surface area contributed by atoms with Gasteiger partial charge in [-0.1, -0.05) is 31.2 Å². The van der Waals surface area contributed by atoms with Gasteiger partial charge < -0.3 is 19.8 Å². The van der Waals surface area contributed by atoms with Gasteiger partial charge in [0.15, 0.2) is 11.5 Å². The van der Waals surface area contributed by atoms with E-state index in [-0.39, 0.29) is 6.04 Å². The minimum Gasteiger partial charge on any atom is -0.490 e. The van der Waals surface area contributed by atoms with Crippen LogP contribution in [-0.2, 0) is 4.79 Å². The first-order chi connectivity index (χ1) is 13.7. The molecule has 1 atom stereocenters. The zero-order valence-electron chi connectivity index (χ0n) is 15.7. The summed E-state index contributed by atoms with van der Waals surface area (Å²) < 4.78 is 11.4. The van der Waals surface area contributed by atoms with E-state index in [0.717, 1.165) is 22.9 Å². The second kappa shape index (κ2) is 7.76. The molecule has 1 aromatic heterocycles. The van der Waals surface area contributed by atoms with E-state index in [9.17, 15) is 9.59 Å². The molecule has 0 unspecified atom stereocenters. The molecule has 0 radical (unpaired) electrons. The number of amides is 1. The lowest BCUT2D eigenvalue weighted by Gasteiger charge is -2.18. The van der Waals surface area contributed by atoms with Crippen molar-refractivity contribution in [3.63, 3.8) is 0 Å². The van der Waals surface area contributed by atoms with Gasteiger partial charge in [-0.2, -0.15) is 0 Å². The van der Waals surface area contributed by atoms with Gasteiger partial charge >= 0.3 is 0 Å². The van der Waals surface area contributed by atoms with Crippen molar-refractivity contribution >= 4 is 22.6 Å². The highest BCUT2D eigenvalue weighted by molar-refractivity contribution is 6.45. The summed E-state index contributed by atoms with van der Waals surface area (Å²) in [6, 6.07) is 12.8. The summed E-state index contributed by atoms with van der Waals surface area (Å²) in [6.45, 7) is 3.18. The minimum absolute atomic E-state index is 0.293. The van der Waals surface area contributed by atoms with Crippen molar-refractivity contribution in [3.8, 4) is 11.5 Å². The van der Waals surface area contributed by atoms with E-state index in [2.05, 4.69) is 10.3 Å². The van der Waals surface area contributed by atoms with Crippen molar-refractivity contribution < 1.29 is 19.1 Å². The Balaban J connectivity index is 1.54. The molecule has 0 aliphatic carbocycles. The van der Waals surface area contributed by atoms with E-state index in [1.165, 1.54) is 0 Å². The highest BCUT2D eigenvalue weighted by Gasteiger charge is 2.23. The van der Waals surface area contributed by atoms with Crippen LogP contribution in [0.1, 0.15) is 41.7 Å². The van der Waals surface area contributed by atoms with Gasteiger partial charge in [-0.3, -0.25) is 9.59 Å². The SMILES string of the molecule is CC[C@H](NC(=O)C(=O)c1c[nH]c2ccccc12)c1ccc2c(c1)OCCCO2. The number of nitrogens with one attached hydrogen (secondary N) is 2. The van der Waals surface area contributed by atoms with Gasteiger partial charge in [-0.05, 0) is 30.2 Å². The molecule has 6 heteroatoms. The number of rotatable bonds is 5. The Kier molecular flexibility index (Phi) is 5.02. The van der Waals surface area contributed by atoms with Crippen molar-refractivity contribution in [2.45, 2.75) is 25.8 Å². The van der Waals surface area contributed by atoms with Crippen molar-refractivity contribution in [2.75, 3.05) is 13.2 Å². The lowest BCUT2D eigenvalue weighted by molar-refractivity contribution is -0.117. The second-order valence-electron chi connectivity index (χ2n) is 6.77. The van der Waals surface area contributed by atoms with Crippen molar-refractivity contribution in [1.82, 2.24) is 10.3 Å². The maximum absolute atomic E-state index is 12.7. The predicted molar refractivity (Wildman–Crippen MR) is 106 cm³/mol. The largest absolute Gasteiger partial charge is 0.490 e. The van der Waals surface area contributed by atoms with Crippen LogP contribution in [0.4, 0.5) is 0 Å². The van der Waals surface area contributed by atoms with Crippen molar-refractivity contribution in [1.29, 1.82) is 0 Å². The van der Waals surface area contributed by atoms with Gasteiger partial charge in [0.2, 0.25) is 0 Å². The van der Waals surface area contributed by atoms with Crippen LogP contribution in [0.15, 0.2) is 48.7 Å². The fourth-order valence-corrected chi connectivity index (χ4v) is 3.42. The Morgan fingerprint density at radius 3 is 2.71 bits per heavy atom. The summed E-state index contributed by atoms with van der Waals surface area (Å²) in [5, 5.41) is 3.60. The van der Waals surface area contributed by atoms with Gasteiger partial charge in [0.05, 0.1) is 24.8 Å². The number of hydrogen-bond donors (Lipinski definition) is 2. The molecule has 0 saturated carbocycles. The number of Topliss-reactive ketones (excluding diaryl/α,β-unsaturated/α-hetero) is 1. The number of carbonyl (C=O) groups is 2. The molecule has 144 valence electrons. The minimum atomic E-state index is -0.622. The molecule has 6 nitrogen and oxygen atoms in total. The van der Waals surface area contributed by atoms with E-state index in [4.69, 9.17) is 9.47 Å². The molecular weight excluding hydrogens is 356 g/mol. The molecule has 0 saturated heterocycles. The molecule has 4 rings (SSSR count). The number of para-hydroxylation sites is 1. The molecule has 2 N–H and O–H groups in total. The summed E-state index contributed by atoms with van der Waals surface area (Å²) in [6.07, 6.45) is 3.06. The standard InChI is InChI=1S/C22H22N2O4/c1-2-17(14-8-9-19-20(12-14)28-11-5-10-27-19)24-22(26)21(25)16-13-23-18-7-4-3-6-15(16)18/h3-4,6-9,12-13,17,23H,2,5,10-11H2,1H3,(H,24,26)/t17-/m0/s1. The number of fused-ring (bicyclic) bond motifs is 2. The second-order valence-corrected chi connectivity index (χ2v) is 6.77. The van der Waals surface area contributed by atoms with Crippen molar-refractivity contribution in [3.05, 3.63) is 59.8 Å². The maximum atomic E-state index is 12.7. The number of H-pyrrole nitrogens is 1. The molecule has 1 aliphatic rings. The lowest BCUT2D eigenvalue weighted by Crippen LogP contribution is -2.34. The van der Waals surface area contributed by atoms with Crippen LogP contribution >= 0.6 is 0 Å². The van der Waals surface area contributed by atoms with Crippen LogP contribution in [0.3, 0.4) is 0 Å². The molecule has 1 aliphatic heterocycles. The Morgan fingerprint density at radius 1 is 1.11 bits per heavy atom. The summed E-state index contributed by atoms with van der Waals surface area (Å²) >= 11 is 0. The van der Waals surface area contributed by atoms with Gasteiger partial charge in [0.25, 0.3) is 11.7 Å². The first-order valence-corrected chi connectivity index (χ1v) is 9.48. The van der Waals surface area contributed by atoms with E-state index < -0.39 is 11.7 Å². The molecule has 0 fully saturated rings. The van der Waals surface area contributed by atoms with Crippen molar-refractivity contribution in [2.24, 2.45) is 0 Å². The summed E-state index contributed by atoms with van der Waals surface area (Å²) in [7, 11) is 0. The van der Waals surface area contributed by atoms with Crippen LogP contribution < -0.4 is 14.8 Å². The average molecular weight is 378 g/mol. The van der Waals surface area contributed by atoms with Gasteiger partial charge in [0, 0.05) is 23.5 Å². The van der Waals surface area contributed by atoms with Crippen LogP contribution in [0.25, 0.3) is 10.9 Å². The molecule has 2 aromatic carbocycles. The Morgan fingerprint density at radius 2 is 1.89 bits per heavy atom. The summed E-state index contributed by atoms with van der Waals surface area (Å²) in [4.78, 5) is 28.4. The quantitative estimate of drug-likeness (QED) is 0.523. The van der Waals surface area contributed by atoms with Crippen LogP contribution in [0, 0.1) is 0 Å². The Bertz CT molecular complexity index is 1020. The first-order valence-electron chi connectivity index (χ1n) is 9.48. The molecule has 28 heavy (non-hydrogen) atoms. The highest BCUT2D eigenvalue weighted by Crippen LogP contribution is 2.33. The number of aromatic amines is 1. The van der Waals surface area contributed by atoms with E-state index in [1.807, 2.05) is 49.4 Å².